The van der Waals surface area contributed by atoms with E-state index >= 15 is 0 Å². The van der Waals surface area contributed by atoms with E-state index in [0.717, 1.165) is 12.8 Å². The second kappa shape index (κ2) is 9.58. The molecule has 6 heteroatoms. The SMILES string of the molecule is CC(C)[C@@H](NC(O)CC(C)(C)O)C(=O)C1CCC(O)(C2C=CC(Cl)CC2)C(C)(C)C1. The monoisotopic (exact) mass is 443 g/mol. The van der Waals surface area contributed by atoms with Crippen molar-refractivity contribution in [3.05, 3.63) is 12.2 Å². The summed E-state index contributed by atoms with van der Waals surface area (Å²) in [5, 5.41) is 35.0. The quantitative estimate of drug-likeness (QED) is 0.260. The maximum atomic E-state index is 13.4. The minimum atomic E-state index is -1.02. The van der Waals surface area contributed by atoms with E-state index in [1.807, 2.05) is 19.9 Å². The van der Waals surface area contributed by atoms with Crippen molar-refractivity contribution in [3.63, 3.8) is 0 Å². The molecule has 0 saturated heterocycles. The highest BCUT2D eigenvalue weighted by atomic mass is 35.5. The van der Waals surface area contributed by atoms with E-state index in [2.05, 4.69) is 25.2 Å². The summed E-state index contributed by atoms with van der Waals surface area (Å²) < 4.78 is 0. The van der Waals surface area contributed by atoms with Crippen LogP contribution in [0.25, 0.3) is 0 Å². The highest BCUT2D eigenvalue weighted by Crippen LogP contribution is 2.52. The Morgan fingerprint density at radius 2 is 1.87 bits per heavy atom. The molecule has 2 rings (SSSR count). The van der Waals surface area contributed by atoms with Gasteiger partial charge in [0.1, 0.15) is 6.23 Å². The first kappa shape index (κ1) is 25.8. The molecule has 0 bridgehead atoms. The molecular weight excluding hydrogens is 402 g/mol. The van der Waals surface area contributed by atoms with Gasteiger partial charge in [0.25, 0.3) is 0 Å². The number of rotatable bonds is 8. The Balaban J connectivity index is 2.11. The minimum absolute atomic E-state index is 0.0137. The first-order chi connectivity index (χ1) is 13.7. The van der Waals surface area contributed by atoms with Crippen LogP contribution in [0.15, 0.2) is 12.2 Å². The van der Waals surface area contributed by atoms with Crippen molar-refractivity contribution in [3.8, 4) is 0 Å². The predicted molar refractivity (Wildman–Crippen MR) is 121 cm³/mol. The molecule has 0 radical (unpaired) electrons. The van der Waals surface area contributed by atoms with Crippen molar-refractivity contribution in [1.82, 2.24) is 5.32 Å². The summed E-state index contributed by atoms with van der Waals surface area (Å²) in [5.74, 6) is 0.00350. The minimum Gasteiger partial charge on any atom is -0.390 e. The number of carbonyl (C=O) groups excluding carboxylic acids is 1. The molecule has 30 heavy (non-hydrogen) atoms. The fourth-order valence-corrected chi connectivity index (χ4v) is 5.55. The molecule has 0 aromatic rings. The molecule has 0 heterocycles. The van der Waals surface area contributed by atoms with Gasteiger partial charge in [0, 0.05) is 18.3 Å². The van der Waals surface area contributed by atoms with Crippen LogP contribution in [0.1, 0.15) is 80.1 Å². The zero-order chi connectivity index (χ0) is 22.9. The van der Waals surface area contributed by atoms with Crippen molar-refractivity contribution >= 4 is 17.4 Å². The van der Waals surface area contributed by atoms with Crippen molar-refractivity contribution in [1.29, 1.82) is 0 Å². The molecule has 6 atom stereocenters. The Morgan fingerprint density at radius 1 is 1.23 bits per heavy atom. The Morgan fingerprint density at radius 3 is 2.33 bits per heavy atom. The molecule has 0 amide bonds. The number of allylic oxidation sites excluding steroid dienone is 1. The molecule has 0 aliphatic heterocycles. The summed E-state index contributed by atoms with van der Waals surface area (Å²) in [6.07, 6.45) is 6.81. The normalized spacial score (nSPS) is 34.0. The third kappa shape index (κ3) is 6.07. The second-order valence-electron chi connectivity index (χ2n) is 11.2. The molecule has 0 aromatic heterocycles. The third-order valence-corrected chi connectivity index (χ3v) is 7.53. The van der Waals surface area contributed by atoms with Gasteiger partial charge < -0.3 is 15.3 Å². The zero-order valence-electron chi connectivity index (χ0n) is 19.5. The summed E-state index contributed by atoms with van der Waals surface area (Å²) in [4.78, 5) is 13.4. The number of aliphatic hydroxyl groups is 3. The summed E-state index contributed by atoms with van der Waals surface area (Å²) in [6.45, 7) is 11.3. The van der Waals surface area contributed by atoms with Gasteiger partial charge in [-0.05, 0) is 57.3 Å². The highest BCUT2D eigenvalue weighted by molar-refractivity contribution is 6.21. The largest absolute Gasteiger partial charge is 0.390 e. The van der Waals surface area contributed by atoms with E-state index in [1.165, 1.54) is 0 Å². The number of nitrogens with one attached hydrogen (secondary N) is 1. The second-order valence-corrected chi connectivity index (χ2v) is 11.7. The Kier molecular flexibility index (Phi) is 8.24. The van der Waals surface area contributed by atoms with Crippen molar-refractivity contribution in [2.75, 3.05) is 0 Å². The molecule has 0 spiro atoms. The topological polar surface area (TPSA) is 89.8 Å². The fourth-order valence-electron chi connectivity index (χ4n) is 5.34. The van der Waals surface area contributed by atoms with Crippen LogP contribution in [0.3, 0.4) is 0 Å². The van der Waals surface area contributed by atoms with Crippen LogP contribution in [0.2, 0.25) is 0 Å². The first-order valence-electron chi connectivity index (χ1n) is 11.4. The maximum absolute atomic E-state index is 13.4. The van der Waals surface area contributed by atoms with Gasteiger partial charge in [0.05, 0.1) is 22.6 Å². The summed E-state index contributed by atoms with van der Waals surface area (Å²) in [5.41, 5.74) is -2.28. The van der Waals surface area contributed by atoms with E-state index in [-0.39, 0.29) is 35.3 Å². The van der Waals surface area contributed by atoms with Gasteiger partial charge in [-0.1, -0.05) is 39.8 Å². The van der Waals surface area contributed by atoms with E-state index < -0.39 is 28.9 Å². The highest BCUT2D eigenvalue weighted by Gasteiger charge is 2.53. The average molecular weight is 444 g/mol. The van der Waals surface area contributed by atoms with Crippen molar-refractivity contribution in [2.45, 2.75) is 109 Å². The van der Waals surface area contributed by atoms with Crippen LogP contribution in [0, 0.1) is 23.2 Å². The van der Waals surface area contributed by atoms with Crippen LogP contribution in [0.4, 0.5) is 0 Å². The molecular formula is C24H42ClNO4. The lowest BCUT2D eigenvalue weighted by atomic mass is 9.55. The van der Waals surface area contributed by atoms with Gasteiger partial charge in [-0.3, -0.25) is 10.1 Å². The Hall–Kier alpha value is -0.460. The van der Waals surface area contributed by atoms with Gasteiger partial charge in [-0.25, -0.2) is 0 Å². The maximum Gasteiger partial charge on any atom is 0.153 e. The standard InChI is InChI=1S/C24H42ClNO4/c1-15(2)20(26-19(27)14-23(5,6)29)21(28)16-11-12-24(30,22(3,4)13-16)17-7-9-18(25)10-8-17/h7,9,15-20,26-27,29-30H,8,10-14H2,1-6H3/t16?,17?,18?,19?,20-,24?/m1/s1. The molecule has 5 nitrogen and oxygen atoms in total. The number of carbonyl (C=O) groups is 1. The van der Waals surface area contributed by atoms with E-state index in [0.29, 0.717) is 19.3 Å². The van der Waals surface area contributed by atoms with Crippen LogP contribution >= 0.6 is 11.6 Å². The molecule has 0 aromatic carbocycles. The lowest BCUT2D eigenvalue weighted by molar-refractivity contribution is -0.153. The number of hydrogen-bond donors (Lipinski definition) is 4. The van der Waals surface area contributed by atoms with Crippen LogP contribution < -0.4 is 5.32 Å². The lowest BCUT2D eigenvalue weighted by Crippen LogP contribution is -2.57. The van der Waals surface area contributed by atoms with Gasteiger partial charge in [0.15, 0.2) is 5.78 Å². The van der Waals surface area contributed by atoms with E-state index in [4.69, 9.17) is 11.6 Å². The van der Waals surface area contributed by atoms with Crippen molar-refractivity contribution in [2.24, 2.45) is 23.2 Å². The van der Waals surface area contributed by atoms with Gasteiger partial charge in [-0.15, -0.1) is 11.6 Å². The van der Waals surface area contributed by atoms with Crippen LogP contribution in [-0.2, 0) is 4.79 Å². The lowest BCUT2D eigenvalue weighted by Gasteiger charge is -2.53. The van der Waals surface area contributed by atoms with Crippen LogP contribution in [-0.4, -0.2) is 50.0 Å². The summed E-state index contributed by atoms with van der Waals surface area (Å²) in [7, 11) is 0. The van der Waals surface area contributed by atoms with Gasteiger partial charge in [0.2, 0.25) is 0 Å². The number of aliphatic hydroxyl groups excluding tert-OH is 1. The average Bonchev–Trinajstić information content (AvgIpc) is 2.60. The molecule has 5 unspecified atom stereocenters. The number of ketones is 1. The summed E-state index contributed by atoms with van der Waals surface area (Å²) in [6, 6.07) is -0.485. The Labute approximate surface area is 187 Å². The smallest absolute Gasteiger partial charge is 0.153 e. The summed E-state index contributed by atoms with van der Waals surface area (Å²) >= 11 is 6.19. The number of hydrogen-bond acceptors (Lipinski definition) is 5. The fraction of sp³-hybridized carbons (Fsp3) is 0.875. The van der Waals surface area contributed by atoms with Gasteiger partial charge >= 0.3 is 0 Å². The molecule has 4 N–H and O–H groups in total. The van der Waals surface area contributed by atoms with Gasteiger partial charge in [-0.2, -0.15) is 0 Å². The molecule has 1 fully saturated rings. The van der Waals surface area contributed by atoms with Crippen LogP contribution in [0.5, 0.6) is 0 Å². The first-order valence-corrected chi connectivity index (χ1v) is 11.8. The third-order valence-electron chi connectivity index (χ3n) is 7.16. The number of Topliss-reactive ketones (excluding diaryl/α,β-unsaturated/α-hetero) is 1. The molecule has 174 valence electrons. The van der Waals surface area contributed by atoms with E-state index in [9.17, 15) is 20.1 Å². The number of halogens is 1. The molecule has 2 aliphatic carbocycles. The zero-order valence-corrected chi connectivity index (χ0v) is 20.2. The van der Waals surface area contributed by atoms with Crippen molar-refractivity contribution < 1.29 is 20.1 Å². The number of alkyl halides is 1. The van der Waals surface area contributed by atoms with E-state index in [1.54, 1.807) is 13.8 Å². The molecule has 2 aliphatic rings. The predicted octanol–water partition coefficient (Wildman–Crippen LogP) is 3.78. The Bertz CT molecular complexity index is 627. The molecule has 1 saturated carbocycles.